The summed E-state index contributed by atoms with van der Waals surface area (Å²) in [5.74, 6) is 1.80. The van der Waals surface area contributed by atoms with Crippen LogP contribution in [0.4, 0.5) is 0 Å². The van der Waals surface area contributed by atoms with Crippen LogP contribution in [0.1, 0.15) is 50.1 Å². The lowest BCUT2D eigenvalue weighted by atomic mass is 9.87. The van der Waals surface area contributed by atoms with E-state index in [1.54, 1.807) is 6.92 Å². The first-order valence-corrected chi connectivity index (χ1v) is 8.88. The average Bonchev–Trinajstić information content (AvgIpc) is 2.83. The summed E-state index contributed by atoms with van der Waals surface area (Å²) in [6.45, 7) is 10.3. The first kappa shape index (κ1) is 16.9. The molecule has 2 aromatic rings. The molecule has 0 spiro atoms. The van der Waals surface area contributed by atoms with Gasteiger partial charge in [0.2, 0.25) is 11.8 Å². The minimum absolute atomic E-state index is 0.0634. The molecule has 0 amide bonds. The van der Waals surface area contributed by atoms with Crippen molar-refractivity contribution in [2.24, 2.45) is 0 Å². The van der Waals surface area contributed by atoms with Gasteiger partial charge in [-0.15, -0.1) is 10.2 Å². The summed E-state index contributed by atoms with van der Waals surface area (Å²) in [5.41, 5.74) is 2.36. The molecule has 120 valence electrons. The topological polar surface area (TPSA) is 56.0 Å². The Balaban J connectivity index is 2.02. The second kappa shape index (κ2) is 6.73. The maximum Gasteiger partial charge on any atom is 0.216 e. The lowest BCUT2D eigenvalue weighted by molar-refractivity contribution is 0.465. The highest BCUT2D eigenvalue weighted by molar-refractivity contribution is 7.85. The van der Waals surface area contributed by atoms with Crippen molar-refractivity contribution >= 4 is 10.8 Å². The van der Waals surface area contributed by atoms with Crippen molar-refractivity contribution in [2.75, 3.05) is 5.75 Å². The maximum atomic E-state index is 12.6. The Morgan fingerprint density at radius 3 is 2.50 bits per heavy atom. The van der Waals surface area contributed by atoms with E-state index in [-0.39, 0.29) is 5.41 Å². The Hall–Kier alpha value is -1.49. The molecule has 0 radical (unpaired) electrons. The minimum atomic E-state index is -0.997. The number of hydrogen-bond donors (Lipinski definition) is 0. The number of hydrogen-bond acceptors (Lipinski definition) is 4. The lowest BCUT2D eigenvalue weighted by Crippen LogP contribution is -2.12. The standard InChI is InChI=1S/C17H24N2O2S/c1-12-8-9-14(17(3,4)5)11-15(12)22(20)10-6-7-16-19-18-13(2)21-16/h8-9,11H,6-7,10H2,1-5H3/t22-/m0/s1. The third-order valence-electron chi connectivity index (χ3n) is 3.59. The predicted octanol–water partition coefficient (Wildman–Crippen LogP) is 3.72. The van der Waals surface area contributed by atoms with E-state index in [1.165, 1.54) is 5.56 Å². The van der Waals surface area contributed by atoms with Crippen LogP contribution in [0.5, 0.6) is 0 Å². The van der Waals surface area contributed by atoms with E-state index < -0.39 is 10.8 Å². The molecular weight excluding hydrogens is 296 g/mol. The van der Waals surface area contributed by atoms with Gasteiger partial charge >= 0.3 is 0 Å². The number of benzene rings is 1. The number of nitrogens with zero attached hydrogens (tertiary/aromatic N) is 2. The first-order chi connectivity index (χ1) is 10.3. The zero-order chi connectivity index (χ0) is 16.3. The van der Waals surface area contributed by atoms with Crippen LogP contribution >= 0.6 is 0 Å². The third kappa shape index (κ3) is 4.26. The summed E-state index contributed by atoms with van der Waals surface area (Å²) < 4.78 is 17.9. The van der Waals surface area contributed by atoms with Crippen molar-refractivity contribution in [1.29, 1.82) is 0 Å². The summed E-state index contributed by atoms with van der Waals surface area (Å²) in [6.07, 6.45) is 1.44. The number of rotatable bonds is 5. The molecule has 1 atom stereocenters. The highest BCUT2D eigenvalue weighted by Gasteiger charge is 2.17. The van der Waals surface area contributed by atoms with Crippen LogP contribution in [0.15, 0.2) is 27.5 Å². The molecule has 1 aromatic heterocycles. The largest absolute Gasteiger partial charge is 0.426 e. The van der Waals surface area contributed by atoms with Gasteiger partial charge < -0.3 is 4.42 Å². The number of aromatic nitrogens is 2. The van der Waals surface area contributed by atoms with Crippen LogP contribution in [0.2, 0.25) is 0 Å². The lowest BCUT2D eigenvalue weighted by Gasteiger charge is -2.20. The van der Waals surface area contributed by atoms with E-state index in [0.717, 1.165) is 16.9 Å². The highest BCUT2D eigenvalue weighted by Crippen LogP contribution is 2.26. The van der Waals surface area contributed by atoms with Gasteiger partial charge in [0, 0.05) is 24.0 Å². The van der Waals surface area contributed by atoms with Gasteiger partial charge in [-0.1, -0.05) is 32.9 Å². The van der Waals surface area contributed by atoms with Gasteiger partial charge in [-0.3, -0.25) is 4.21 Å². The van der Waals surface area contributed by atoms with Crippen LogP contribution in [-0.2, 0) is 22.6 Å². The Labute approximate surface area is 134 Å². The molecule has 4 nitrogen and oxygen atoms in total. The molecule has 0 saturated carbocycles. The van der Waals surface area contributed by atoms with E-state index in [2.05, 4.69) is 49.2 Å². The van der Waals surface area contributed by atoms with Crippen molar-refractivity contribution < 1.29 is 8.63 Å². The number of aryl methyl sites for hydroxylation is 3. The van der Waals surface area contributed by atoms with Gasteiger partial charge in [-0.05, 0) is 36.0 Å². The summed E-state index contributed by atoms with van der Waals surface area (Å²) in [7, 11) is -0.997. The quantitative estimate of drug-likeness (QED) is 0.842. The van der Waals surface area contributed by atoms with Crippen LogP contribution in [0, 0.1) is 13.8 Å². The second-order valence-electron chi connectivity index (χ2n) is 6.60. The smallest absolute Gasteiger partial charge is 0.216 e. The molecule has 1 heterocycles. The molecule has 0 aliphatic heterocycles. The fourth-order valence-electron chi connectivity index (χ4n) is 2.21. The molecule has 0 N–H and O–H groups in total. The molecule has 0 aliphatic carbocycles. The molecule has 0 saturated heterocycles. The van der Waals surface area contributed by atoms with E-state index in [4.69, 9.17) is 4.42 Å². The van der Waals surface area contributed by atoms with Crippen LogP contribution < -0.4 is 0 Å². The molecule has 0 unspecified atom stereocenters. The van der Waals surface area contributed by atoms with Crippen molar-refractivity contribution in [3.05, 3.63) is 41.1 Å². The van der Waals surface area contributed by atoms with Gasteiger partial charge in [-0.2, -0.15) is 0 Å². The van der Waals surface area contributed by atoms with E-state index in [1.807, 2.05) is 6.92 Å². The average molecular weight is 320 g/mol. The Kier molecular flexibility index (Phi) is 5.16. The molecule has 2 rings (SSSR count). The van der Waals surface area contributed by atoms with Gasteiger partial charge in [0.1, 0.15) is 0 Å². The molecule has 0 bridgehead atoms. The van der Waals surface area contributed by atoms with Crippen LogP contribution in [0.3, 0.4) is 0 Å². The molecule has 0 fully saturated rings. The zero-order valence-electron chi connectivity index (χ0n) is 14.0. The highest BCUT2D eigenvalue weighted by atomic mass is 32.2. The Bertz CT molecular complexity index is 672. The SMILES string of the molecule is Cc1nnc(CCC[S@](=O)c2cc(C(C)(C)C)ccc2C)o1. The molecule has 5 heteroatoms. The van der Waals surface area contributed by atoms with Crippen LogP contribution in [0.25, 0.3) is 0 Å². The molecule has 1 aromatic carbocycles. The van der Waals surface area contributed by atoms with Crippen LogP contribution in [-0.4, -0.2) is 20.2 Å². The van der Waals surface area contributed by atoms with E-state index in [9.17, 15) is 4.21 Å². The molecule has 0 aliphatic rings. The minimum Gasteiger partial charge on any atom is -0.426 e. The second-order valence-corrected chi connectivity index (χ2v) is 8.14. The van der Waals surface area contributed by atoms with Gasteiger partial charge in [0.25, 0.3) is 0 Å². The molecular formula is C17H24N2O2S. The van der Waals surface area contributed by atoms with Gasteiger partial charge in [0.05, 0.1) is 10.8 Å². The Morgan fingerprint density at radius 2 is 1.91 bits per heavy atom. The monoisotopic (exact) mass is 320 g/mol. The summed E-state index contributed by atoms with van der Waals surface area (Å²) in [5, 5.41) is 7.77. The van der Waals surface area contributed by atoms with Crippen molar-refractivity contribution in [3.63, 3.8) is 0 Å². The fourth-order valence-corrected chi connectivity index (χ4v) is 3.53. The van der Waals surface area contributed by atoms with Crippen molar-refractivity contribution in [2.45, 2.75) is 57.8 Å². The summed E-state index contributed by atoms with van der Waals surface area (Å²) >= 11 is 0. The zero-order valence-corrected chi connectivity index (χ0v) is 14.8. The molecule has 22 heavy (non-hydrogen) atoms. The van der Waals surface area contributed by atoms with Crippen molar-refractivity contribution in [3.8, 4) is 0 Å². The predicted molar refractivity (Wildman–Crippen MR) is 88.5 cm³/mol. The maximum absolute atomic E-state index is 12.6. The van der Waals surface area contributed by atoms with Gasteiger partial charge in [-0.25, -0.2) is 0 Å². The van der Waals surface area contributed by atoms with Gasteiger partial charge in [0.15, 0.2) is 0 Å². The summed E-state index contributed by atoms with van der Waals surface area (Å²) in [4.78, 5) is 0.939. The Morgan fingerprint density at radius 1 is 1.18 bits per heavy atom. The summed E-state index contributed by atoms with van der Waals surface area (Å²) in [6, 6.07) is 6.27. The van der Waals surface area contributed by atoms with Crippen molar-refractivity contribution in [1.82, 2.24) is 10.2 Å². The van der Waals surface area contributed by atoms with E-state index in [0.29, 0.717) is 24.0 Å². The normalized spacial score (nSPS) is 13.3. The first-order valence-electron chi connectivity index (χ1n) is 7.56. The third-order valence-corrected chi connectivity index (χ3v) is 5.18. The van der Waals surface area contributed by atoms with E-state index >= 15 is 0 Å². The fraction of sp³-hybridized carbons (Fsp3) is 0.529.